The molecule has 0 bridgehead atoms. The number of nitrogens with zero attached hydrogens (tertiary/aromatic N) is 2. The van der Waals surface area contributed by atoms with E-state index < -0.39 is 6.03 Å². The highest BCUT2D eigenvalue weighted by Crippen LogP contribution is 2.36. The fraction of sp³-hybridized carbons (Fsp3) is 0.355. The summed E-state index contributed by atoms with van der Waals surface area (Å²) in [5, 5.41) is 15.6. The highest BCUT2D eigenvalue weighted by molar-refractivity contribution is 6.04. The SMILES string of the molecule is C[C@@H]1CN([C@H](C)CO)C(=O)c2cccc(NC(=O)Nc3ccc4c(c3)OCO4)c2O[C@H]1CN(C)Cc1ccccc1. The second-order valence-corrected chi connectivity index (χ2v) is 10.6. The molecule has 0 radical (unpaired) electrons. The Hall–Kier alpha value is -4.28. The molecule has 3 aromatic carbocycles. The van der Waals surface area contributed by atoms with E-state index in [0.717, 1.165) is 6.54 Å². The van der Waals surface area contributed by atoms with Gasteiger partial charge < -0.3 is 34.9 Å². The van der Waals surface area contributed by atoms with Crippen molar-refractivity contribution in [2.75, 3.05) is 44.2 Å². The third-order valence-corrected chi connectivity index (χ3v) is 7.36. The Kier molecular flexibility index (Phi) is 8.61. The van der Waals surface area contributed by atoms with Crippen LogP contribution in [0.15, 0.2) is 66.7 Å². The highest BCUT2D eigenvalue weighted by atomic mass is 16.7. The summed E-state index contributed by atoms with van der Waals surface area (Å²) in [6, 6.07) is 19.5. The maximum absolute atomic E-state index is 13.7. The molecule has 5 rings (SSSR count). The van der Waals surface area contributed by atoms with E-state index in [1.165, 1.54) is 5.56 Å². The molecule has 2 aliphatic heterocycles. The van der Waals surface area contributed by atoms with Gasteiger partial charge in [0.15, 0.2) is 17.2 Å². The molecule has 2 heterocycles. The summed E-state index contributed by atoms with van der Waals surface area (Å²) in [5.74, 6) is 1.15. The number of para-hydroxylation sites is 1. The average molecular weight is 561 g/mol. The summed E-state index contributed by atoms with van der Waals surface area (Å²) in [5.41, 5.74) is 2.41. The number of nitrogens with one attached hydrogen (secondary N) is 2. The van der Waals surface area contributed by atoms with Gasteiger partial charge in [0, 0.05) is 37.3 Å². The van der Waals surface area contributed by atoms with Gasteiger partial charge >= 0.3 is 6.03 Å². The minimum absolute atomic E-state index is 0.0603. The van der Waals surface area contributed by atoms with Gasteiger partial charge in [-0.3, -0.25) is 9.69 Å². The fourth-order valence-electron chi connectivity index (χ4n) is 5.09. The molecule has 0 aromatic heterocycles. The number of rotatable bonds is 8. The topological polar surface area (TPSA) is 113 Å². The molecule has 0 saturated heterocycles. The Bertz CT molecular complexity index is 1380. The van der Waals surface area contributed by atoms with Crippen molar-refractivity contribution in [3.63, 3.8) is 0 Å². The summed E-state index contributed by atoms with van der Waals surface area (Å²) < 4.78 is 17.3. The quantitative estimate of drug-likeness (QED) is 0.374. The number of aliphatic hydroxyl groups is 1. The van der Waals surface area contributed by atoms with Gasteiger partial charge in [0.2, 0.25) is 6.79 Å². The van der Waals surface area contributed by atoms with Gasteiger partial charge in [-0.1, -0.05) is 43.3 Å². The molecule has 3 atom stereocenters. The largest absolute Gasteiger partial charge is 0.486 e. The number of anilines is 2. The second-order valence-electron chi connectivity index (χ2n) is 10.6. The number of urea groups is 1. The molecular formula is C31H36N4O6. The number of fused-ring (bicyclic) bond motifs is 2. The first kappa shape index (κ1) is 28.3. The van der Waals surface area contributed by atoms with E-state index in [-0.39, 0.29) is 37.4 Å². The summed E-state index contributed by atoms with van der Waals surface area (Å²) in [7, 11) is 2.03. The molecular weight excluding hydrogens is 524 g/mol. The maximum atomic E-state index is 13.7. The van der Waals surface area contributed by atoms with Crippen LogP contribution in [0.25, 0.3) is 0 Å². The summed E-state index contributed by atoms with van der Waals surface area (Å²) in [4.78, 5) is 30.6. The fourth-order valence-corrected chi connectivity index (χ4v) is 5.09. The highest BCUT2D eigenvalue weighted by Gasteiger charge is 2.34. The number of ether oxygens (including phenoxy) is 3. The summed E-state index contributed by atoms with van der Waals surface area (Å²) in [6.07, 6.45) is -0.302. The Morgan fingerprint density at radius 1 is 1.07 bits per heavy atom. The van der Waals surface area contributed by atoms with Gasteiger partial charge in [-0.25, -0.2) is 4.79 Å². The summed E-state index contributed by atoms with van der Waals surface area (Å²) in [6.45, 7) is 5.58. The normalized spacial score (nSPS) is 18.7. The first-order valence-corrected chi connectivity index (χ1v) is 13.7. The lowest BCUT2D eigenvalue weighted by Gasteiger charge is -2.38. The van der Waals surface area contributed by atoms with Gasteiger partial charge in [0.25, 0.3) is 5.91 Å². The Morgan fingerprint density at radius 2 is 1.85 bits per heavy atom. The zero-order chi connectivity index (χ0) is 28.9. The molecule has 41 heavy (non-hydrogen) atoms. The predicted molar refractivity (Wildman–Crippen MR) is 156 cm³/mol. The number of hydrogen-bond acceptors (Lipinski definition) is 7. The van der Waals surface area contributed by atoms with Crippen LogP contribution in [0, 0.1) is 5.92 Å². The van der Waals surface area contributed by atoms with Crippen molar-refractivity contribution in [3.05, 3.63) is 77.9 Å². The molecule has 3 aromatic rings. The molecule has 0 fully saturated rings. The van der Waals surface area contributed by atoms with Crippen molar-refractivity contribution in [2.45, 2.75) is 32.5 Å². The van der Waals surface area contributed by atoms with Crippen LogP contribution >= 0.6 is 0 Å². The third-order valence-electron chi connectivity index (χ3n) is 7.36. The van der Waals surface area contributed by atoms with Gasteiger partial charge in [-0.2, -0.15) is 0 Å². The van der Waals surface area contributed by atoms with E-state index in [9.17, 15) is 14.7 Å². The third kappa shape index (κ3) is 6.55. The molecule has 3 amide bonds. The first-order valence-electron chi connectivity index (χ1n) is 13.7. The number of carbonyl (C=O) groups is 2. The standard InChI is InChI=1S/C31H36N4O6/c1-20-15-35(21(2)18-36)30(37)24-10-7-11-25(33-31(38)32-23-12-13-26-27(14-23)40-19-39-26)29(24)41-28(20)17-34(3)16-22-8-5-4-6-9-22/h4-14,20-21,28,36H,15-19H2,1-3H3,(H2,32,33,38)/t20-,21-,28+/m1/s1. The van der Waals surface area contributed by atoms with Crippen molar-refractivity contribution < 1.29 is 28.9 Å². The van der Waals surface area contributed by atoms with E-state index in [2.05, 4.69) is 27.7 Å². The van der Waals surface area contributed by atoms with Crippen LogP contribution in [-0.4, -0.2) is 72.5 Å². The van der Waals surface area contributed by atoms with Crippen molar-refractivity contribution in [2.24, 2.45) is 5.92 Å². The molecule has 10 nitrogen and oxygen atoms in total. The molecule has 2 aliphatic rings. The Labute approximate surface area is 239 Å². The van der Waals surface area contributed by atoms with Crippen LogP contribution in [-0.2, 0) is 6.54 Å². The second kappa shape index (κ2) is 12.5. The zero-order valence-corrected chi connectivity index (χ0v) is 23.5. The average Bonchev–Trinajstić information content (AvgIpc) is 3.43. The van der Waals surface area contributed by atoms with Crippen LogP contribution < -0.4 is 24.8 Å². The number of hydrogen-bond donors (Lipinski definition) is 3. The van der Waals surface area contributed by atoms with E-state index in [1.54, 1.807) is 41.3 Å². The maximum Gasteiger partial charge on any atom is 0.323 e. The van der Waals surface area contributed by atoms with Gasteiger partial charge in [0.05, 0.1) is 23.9 Å². The first-order chi connectivity index (χ1) is 19.8. The van der Waals surface area contributed by atoms with Crippen LogP contribution in [0.1, 0.15) is 29.8 Å². The molecule has 0 spiro atoms. The Morgan fingerprint density at radius 3 is 2.63 bits per heavy atom. The smallest absolute Gasteiger partial charge is 0.323 e. The van der Waals surface area contributed by atoms with Crippen molar-refractivity contribution in [1.29, 1.82) is 0 Å². The van der Waals surface area contributed by atoms with Gasteiger partial charge in [-0.05, 0) is 43.8 Å². The van der Waals surface area contributed by atoms with Crippen LogP contribution in [0.5, 0.6) is 17.2 Å². The molecule has 0 unspecified atom stereocenters. The van der Waals surface area contributed by atoms with Crippen molar-refractivity contribution in [1.82, 2.24) is 9.80 Å². The van der Waals surface area contributed by atoms with E-state index in [1.807, 2.05) is 39.1 Å². The van der Waals surface area contributed by atoms with Crippen LogP contribution in [0.3, 0.4) is 0 Å². The number of likely N-dealkylation sites (N-methyl/N-ethyl adjacent to an activating group) is 1. The summed E-state index contributed by atoms with van der Waals surface area (Å²) >= 11 is 0. The number of carbonyl (C=O) groups excluding carboxylic acids is 2. The lowest BCUT2D eigenvalue weighted by molar-refractivity contribution is 0.0343. The molecule has 216 valence electrons. The van der Waals surface area contributed by atoms with Crippen LogP contribution in [0.2, 0.25) is 0 Å². The Balaban J connectivity index is 1.41. The zero-order valence-electron chi connectivity index (χ0n) is 23.5. The van der Waals surface area contributed by atoms with Gasteiger partial charge in [-0.15, -0.1) is 0 Å². The number of benzene rings is 3. The molecule has 0 aliphatic carbocycles. The minimum Gasteiger partial charge on any atom is -0.486 e. The monoisotopic (exact) mass is 560 g/mol. The molecule has 0 saturated carbocycles. The lowest BCUT2D eigenvalue weighted by Crippen LogP contribution is -2.49. The minimum atomic E-state index is -0.498. The van der Waals surface area contributed by atoms with Crippen molar-refractivity contribution in [3.8, 4) is 17.2 Å². The van der Waals surface area contributed by atoms with E-state index >= 15 is 0 Å². The van der Waals surface area contributed by atoms with Gasteiger partial charge in [0.1, 0.15) is 6.10 Å². The number of aliphatic hydroxyl groups excluding tert-OH is 1. The number of amides is 3. The van der Waals surface area contributed by atoms with Crippen molar-refractivity contribution >= 4 is 23.3 Å². The molecule has 10 heteroatoms. The molecule has 3 N–H and O–H groups in total. The van der Waals surface area contributed by atoms with E-state index in [0.29, 0.717) is 47.3 Å². The van der Waals surface area contributed by atoms with E-state index in [4.69, 9.17) is 14.2 Å². The predicted octanol–water partition coefficient (Wildman–Crippen LogP) is 4.41. The van der Waals surface area contributed by atoms with Crippen LogP contribution in [0.4, 0.5) is 16.2 Å². The lowest BCUT2D eigenvalue weighted by atomic mass is 9.99.